The molecule has 0 saturated heterocycles. The van der Waals surface area contributed by atoms with Crippen LogP contribution < -0.4 is 5.32 Å². The second-order valence-corrected chi connectivity index (χ2v) is 10.5. The van der Waals surface area contributed by atoms with Gasteiger partial charge < -0.3 is 5.32 Å². The lowest BCUT2D eigenvalue weighted by Crippen LogP contribution is -2.17. The number of aromatic nitrogens is 1. The summed E-state index contributed by atoms with van der Waals surface area (Å²) in [5.41, 5.74) is 2.39. The number of alkyl halides is 2. The van der Waals surface area contributed by atoms with Crippen molar-refractivity contribution in [3.05, 3.63) is 92.7 Å². The summed E-state index contributed by atoms with van der Waals surface area (Å²) in [7, 11) is 0. The van der Waals surface area contributed by atoms with E-state index in [0.29, 0.717) is 38.3 Å². The van der Waals surface area contributed by atoms with Gasteiger partial charge in [0.2, 0.25) is 5.91 Å². The second kappa shape index (κ2) is 9.81. The van der Waals surface area contributed by atoms with Crippen molar-refractivity contribution in [3.63, 3.8) is 0 Å². The highest BCUT2D eigenvalue weighted by Gasteiger charge is 2.67. The highest BCUT2D eigenvalue weighted by Crippen LogP contribution is 2.65. The van der Waals surface area contributed by atoms with Gasteiger partial charge in [-0.15, -0.1) is 23.2 Å². The molecule has 2 unspecified atom stereocenters. The van der Waals surface area contributed by atoms with E-state index in [1.165, 1.54) is 0 Å². The molecule has 9 heteroatoms. The zero-order valence-electron chi connectivity index (χ0n) is 17.0. The first kappa shape index (κ1) is 24.3. The lowest BCUT2D eigenvalue weighted by Gasteiger charge is -2.09. The van der Waals surface area contributed by atoms with Gasteiger partial charge in [0.1, 0.15) is 4.33 Å². The Kier molecular flexibility index (Phi) is 7.23. The lowest BCUT2D eigenvalue weighted by molar-refractivity contribution is -0.117. The summed E-state index contributed by atoms with van der Waals surface area (Å²) in [5, 5.41) is 3.96. The van der Waals surface area contributed by atoms with Gasteiger partial charge in [-0.25, -0.2) is 0 Å². The fourth-order valence-electron chi connectivity index (χ4n) is 3.80. The van der Waals surface area contributed by atoms with Crippen molar-refractivity contribution in [1.82, 2.24) is 4.98 Å². The molecule has 33 heavy (non-hydrogen) atoms. The van der Waals surface area contributed by atoms with Crippen LogP contribution in [0.15, 0.2) is 60.9 Å². The largest absolute Gasteiger partial charge is 0.326 e. The number of hydrogen-bond acceptors (Lipinski definition) is 3. The number of halogens is 5. The normalized spacial score (nSPS) is 18.6. The van der Waals surface area contributed by atoms with Gasteiger partial charge in [0, 0.05) is 46.0 Å². The fraction of sp³-hybridized carbons (Fsp3) is 0.208. The molecule has 0 radical (unpaired) electrons. The number of amides is 1. The summed E-state index contributed by atoms with van der Waals surface area (Å²) < 4.78 is -1.30. The molecule has 1 amide bonds. The Hall–Kier alpha value is -1.82. The molecular formula is C24H17Cl5N2O2. The minimum Gasteiger partial charge on any atom is -0.326 e. The van der Waals surface area contributed by atoms with E-state index in [9.17, 15) is 9.59 Å². The zero-order valence-corrected chi connectivity index (χ0v) is 20.8. The number of carbonyl (C=O) groups excluding carboxylic acids is 2. The quantitative estimate of drug-likeness (QED) is 0.250. The number of pyridine rings is 1. The van der Waals surface area contributed by atoms with Crippen molar-refractivity contribution in [3.8, 4) is 0 Å². The second-order valence-electron chi connectivity index (χ2n) is 7.80. The maximum atomic E-state index is 12.9. The van der Waals surface area contributed by atoms with Crippen molar-refractivity contribution in [2.75, 3.05) is 5.32 Å². The summed E-state index contributed by atoms with van der Waals surface area (Å²) in [4.78, 5) is 29.7. The van der Waals surface area contributed by atoms with Crippen LogP contribution in [0.1, 0.15) is 33.8 Å². The molecule has 2 atom stereocenters. The SMILES string of the molecule is O=C(CCc1cccnc1)c1cc(NC(=O)C2C(c3cc(Cl)cc(Cl)c3)C2(Cl)Cl)ccc1Cl. The number of rotatable bonds is 7. The molecule has 1 aromatic heterocycles. The van der Waals surface area contributed by atoms with Gasteiger partial charge in [-0.3, -0.25) is 14.6 Å². The van der Waals surface area contributed by atoms with Crippen LogP contribution in [0.4, 0.5) is 5.69 Å². The van der Waals surface area contributed by atoms with Gasteiger partial charge in [-0.2, -0.15) is 0 Å². The number of nitrogens with zero attached hydrogens (tertiary/aromatic N) is 1. The van der Waals surface area contributed by atoms with Crippen molar-refractivity contribution < 1.29 is 9.59 Å². The van der Waals surface area contributed by atoms with Crippen molar-refractivity contribution in [1.29, 1.82) is 0 Å². The van der Waals surface area contributed by atoms with E-state index in [1.54, 1.807) is 48.8 Å². The van der Waals surface area contributed by atoms with Crippen molar-refractivity contribution in [2.24, 2.45) is 5.92 Å². The number of nitrogens with one attached hydrogen (secondary N) is 1. The van der Waals surface area contributed by atoms with E-state index in [4.69, 9.17) is 58.0 Å². The Morgan fingerprint density at radius 1 is 1.00 bits per heavy atom. The molecule has 0 spiro atoms. The van der Waals surface area contributed by atoms with Crippen LogP contribution in [0, 0.1) is 5.92 Å². The number of ketones is 1. The maximum absolute atomic E-state index is 12.9. The molecule has 1 aliphatic rings. The zero-order chi connectivity index (χ0) is 23.8. The summed E-state index contributed by atoms with van der Waals surface area (Å²) in [6.45, 7) is 0. The third kappa shape index (κ3) is 5.47. The first-order valence-electron chi connectivity index (χ1n) is 10.0. The van der Waals surface area contributed by atoms with E-state index >= 15 is 0 Å². The summed E-state index contributed by atoms with van der Waals surface area (Å²) in [5.74, 6) is -1.69. The van der Waals surface area contributed by atoms with Gasteiger partial charge in [0.25, 0.3) is 0 Å². The Labute approximate surface area is 216 Å². The Bertz CT molecular complexity index is 1200. The Morgan fingerprint density at radius 2 is 1.73 bits per heavy atom. The standard InChI is InChI=1S/C24H17Cl5N2O2/c25-15-8-14(9-16(26)10-15)21-22(24(21,28)29)23(33)31-17-4-5-19(27)18(11-17)20(32)6-3-13-2-1-7-30-12-13/h1-2,4-5,7-12,21-22H,3,6H2,(H,31,33). The van der Waals surface area contributed by atoms with Gasteiger partial charge in [-0.1, -0.05) is 40.9 Å². The van der Waals surface area contributed by atoms with Crippen LogP contribution >= 0.6 is 58.0 Å². The Morgan fingerprint density at radius 3 is 2.39 bits per heavy atom. The van der Waals surface area contributed by atoms with Crippen molar-refractivity contribution >= 4 is 75.4 Å². The van der Waals surface area contributed by atoms with Crippen LogP contribution in [-0.4, -0.2) is 21.0 Å². The molecular weight excluding hydrogens is 526 g/mol. The molecule has 3 aromatic rings. The minimum atomic E-state index is -1.30. The minimum absolute atomic E-state index is 0.137. The molecule has 4 rings (SSSR count). The average Bonchev–Trinajstić information content (AvgIpc) is 3.35. The van der Waals surface area contributed by atoms with Gasteiger partial charge in [0.15, 0.2) is 5.78 Å². The molecule has 1 N–H and O–H groups in total. The molecule has 1 fully saturated rings. The molecule has 1 heterocycles. The van der Waals surface area contributed by atoms with Crippen LogP contribution in [0.25, 0.3) is 0 Å². The fourth-order valence-corrected chi connectivity index (χ4v) is 5.39. The molecule has 4 nitrogen and oxygen atoms in total. The number of benzene rings is 2. The molecule has 1 saturated carbocycles. The molecule has 0 bridgehead atoms. The summed E-state index contributed by atoms with van der Waals surface area (Å²) >= 11 is 31.2. The number of carbonyl (C=O) groups is 2. The van der Waals surface area contributed by atoms with Gasteiger partial charge >= 0.3 is 0 Å². The number of anilines is 1. The third-order valence-electron chi connectivity index (χ3n) is 5.48. The number of aryl methyl sites for hydroxylation is 1. The van der Waals surface area contributed by atoms with Crippen LogP contribution in [0.5, 0.6) is 0 Å². The maximum Gasteiger partial charge on any atom is 0.231 e. The van der Waals surface area contributed by atoms with E-state index < -0.39 is 16.2 Å². The average molecular weight is 543 g/mol. The molecule has 1 aliphatic carbocycles. The first-order valence-corrected chi connectivity index (χ1v) is 11.9. The molecule has 170 valence electrons. The molecule has 2 aromatic carbocycles. The Balaban J connectivity index is 1.46. The first-order chi connectivity index (χ1) is 15.7. The van der Waals surface area contributed by atoms with Gasteiger partial charge in [0.05, 0.1) is 10.9 Å². The molecule has 0 aliphatic heterocycles. The topological polar surface area (TPSA) is 59.1 Å². The van der Waals surface area contributed by atoms with Crippen LogP contribution in [0.3, 0.4) is 0 Å². The monoisotopic (exact) mass is 540 g/mol. The summed E-state index contributed by atoms with van der Waals surface area (Å²) in [6.07, 6.45) is 4.19. The van der Waals surface area contributed by atoms with E-state index in [2.05, 4.69) is 10.3 Å². The van der Waals surface area contributed by atoms with Gasteiger partial charge in [-0.05, 0) is 60.0 Å². The third-order valence-corrected chi connectivity index (χ3v) is 7.18. The van der Waals surface area contributed by atoms with E-state index in [1.807, 2.05) is 12.1 Å². The van der Waals surface area contributed by atoms with E-state index in [0.717, 1.165) is 5.56 Å². The number of Topliss-reactive ketones (excluding diaryl/α,β-unsaturated/α-hetero) is 1. The predicted octanol–water partition coefficient (Wildman–Crippen LogP) is 7.38. The van der Waals surface area contributed by atoms with E-state index in [-0.39, 0.29) is 18.1 Å². The lowest BCUT2D eigenvalue weighted by atomic mass is 10.0. The smallest absolute Gasteiger partial charge is 0.231 e. The van der Waals surface area contributed by atoms with Crippen molar-refractivity contribution in [2.45, 2.75) is 23.1 Å². The summed E-state index contributed by atoms with van der Waals surface area (Å²) in [6, 6.07) is 13.4. The number of hydrogen-bond donors (Lipinski definition) is 1. The highest BCUT2D eigenvalue weighted by atomic mass is 35.5. The predicted molar refractivity (Wildman–Crippen MR) is 134 cm³/mol. The van der Waals surface area contributed by atoms with Crippen LogP contribution in [-0.2, 0) is 11.2 Å². The highest BCUT2D eigenvalue weighted by molar-refractivity contribution is 6.53. The van der Waals surface area contributed by atoms with Crippen LogP contribution in [0.2, 0.25) is 15.1 Å².